The number of benzene rings is 2. The maximum absolute atomic E-state index is 12.6. The van der Waals surface area contributed by atoms with Gasteiger partial charge in [0.15, 0.2) is 0 Å². The predicted molar refractivity (Wildman–Crippen MR) is 210 cm³/mol. The summed E-state index contributed by atoms with van der Waals surface area (Å²) in [5.41, 5.74) is 18.0. The van der Waals surface area contributed by atoms with E-state index in [0.29, 0.717) is 11.6 Å². The Hall–Kier alpha value is -5.42. The second-order valence-corrected chi connectivity index (χ2v) is 14.3. The fourth-order valence-corrected chi connectivity index (χ4v) is 6.49. The highest BCUT2D eigenvalue weighted by Gasteiger charge is 2.30. The van der Waals surface area contributed by atoms with Crippen LogP contribution in [0, 0.1) is 25.7 Å². The number of aromatic nitrogens is 4. The molecule has 0 saturated heterocycles. The molecule has 0 fully saturated rings. The van der Waals surface area contributed by atoms with Gasteiger partial charge in [0.25, 0.3) is 0 Å². The molecule has 2 heterocycles. The van der Waals surface area contributed by atoms with Crippen molar-refractivity contribution in [2.24, 2.45) is 23.3 Å². The van der Waals surface area contributed by atoms with Crippen LogP contribution < -0.4 is 22.1 Å². The number of nitrogens with two attached hydrogens (primary N) is 2. The molecule has 0 spiro atoms. The van der Waals surface area contributed by atoms with Crippen LogP contribution in [0.3, 0.4) is 0 Å². The van der Waals surface area contributed by atoms with E-state index in [1.165, 1.54) is 14.2 Å². The van der Waals surface area contributed by atoms with Crippen molar-refractivity contribution in [3.8, 4) is 33.6 Å². The van der Waals surface area contributed by atoms with Crippen LogP contribution >= 0.6 is 0 Å². The lowest BCUT2D eigenvalue weighted by atomic mass is 9.92. The van der Waals surface area contributed by atoms with E-state index in [-0.39, 0.29) is 50.0 Å². The third kappa shape index (κ3) is 11.1. The van der Waals surface area contributed by atoms with Gasteiger partial charge in [-0.1, -0.05) is 64.1 Å². The maximum Gasteiger partial charge on any atom is 0.412 e. The number of hydrogen-bond acceptors (Lipinski definition) is 12. The quantitative estimate of drug-likeness (QED) is 0.0520. The molecule has 0 aliphatic carbocycles. The molecule has 302 valence electrons. The molecule has 8 N–H and O–H groups in total. The number of methoxy groups -OCH3 is 2. The molecule has 2 aromatic heterocycles. The number of esters is 2. The summed E-state index contributed by atoms with van der Waals surface area (Å²) in [6.45, 7) is 12.7. The van der Waals surface area contributed by atoms with Gasteiger partial charge in [-0.2, -0.15) is 0 Å². The lowest BCUT2D eigenvalue weighted by Gasteiger charge is -2.25. The van der Waals surface area contributed by atoms with Crippen LogP contribution in [0.4, 0.5) is 9.59 Å². The Bertz CT molecular complexity index is 1960. The van der Waals surface area contributed by atoms with E-state index in [2.05, 4.69) is 78.2 Å². The molecule has 0 saturated carbocycles. The topological polar surface area (TPSA) is 239 Å². The SMILES string of the molecule is COCC[C@H](NC(c1ncc(-c2ccc(-c3ccc(-c4cnc(C(N[C@@H](CCOC)C(=O)OC(N)=O)C(C)C)[nH]4)c(C)c3C)cc2)[nH]1)C(C)C)C(=O)OC(N)=O. The highest BCUT2D eigenvalue weighted by atomic mass is 16.6. The van der Waals surface area contributed by atoms with Gasteiger partial charge >= 0.3 is 24.1 Å². The first kappa shape index (κ1) is 43.3. The van der Waals surface area contributed by atoms with Crippen molar-refractivity contribution in [3.63, 3.8) is 0 Å². The van der Waals surface area contributed by atoms with Crippen molar-refractivity contribution >= 4 is 24.1 Å². The third-order valence-electron chi connectivity index (χ3n) is 9.65. The number of carbonyl (C=O) groups is 4. The van der Waals surface area contributed by atoms with Gasteiger partial charge in [-0.15, -0.1) is 0 Å². The molecule has 0 bridgehead atoms. The molecule has 0 radical (unpaired) electrons. The van der Waals surface area contributed by atoms with E-state index < -0.39 is 36.2 Å². The van der Waals surface area contributed by atoms with Gasteiger partial charge in [-0.3, -0.25) is 10.6 Å². The Kier molecular flexibility index (Phi) is 15.4. The van der Waals surface area contributed by atoms with E-state index in [1.807, 2.05) is 39.8 Å². The van der Waals surface area contributed by atoms with E-state index in [4.69, 9.17) is 20.9 Å². The number of rotatable bonds is 19. The van der Waals surface area contributed by atoms with Gasteiger partial charge in [-0.05, 0) is 66.3 Å². The minimum Gasteiger partial charge on any atom is -0.385 e. The molecule has 0 aliphatic rings. The minimum atomic E-state index is -1.17. The van der Waals surface area contributed by atoms with Crippen LogP contribution in [0.1, 0.15) is 75.4 Å². The number of nitrogens with zero attached hydrogens (tertiary/aromatic N) is 2. The highest BCUT2D eigenvalue weighted by Crippen LogP contribution is 2.34. The molecule has 2 amide bonds. The molecule has 2 aromatic carbocycles. The molecule has 4 aromatic rings. The maximum atomic E-state index is 12.6. The average molecular weight is 775 g/mol. The first-order valence-electron chi connectivity index (χ1n) is 18.5. The molecule has 4 rings (SSSR count). The standard InChI is InChI=1S/C40H54N8O8/c1-21(2)33(45-29(15-17-53-7)37(49)55-39(41)51)35-43-19-31(47-35)26-11-9-25(10-12-26)27-13-14-28(24(6)23(27)5)32-20-44-36(48-32)34(22(3)4)46-30(16-18-54-8)38(50)56-40(42)52/h9-14,19-22,29-30,33-34,45-46H,15-18H2,1-8H3,(H2,41,51)(H2,42,52)(H,43,47)(H,44,48)/t29-,30-,33?,34?/m0/s1. The Morgan fingerprint density at radius 1 is 0.643 bits per heavy atom. The van der Waals surface area contributed by atoms with Gasteiger partial charge in [0.2, 0.25) is 0 Å². The molecular formula is C40H54N8O8. The Morgan fingerprint density at radius 2 is 1.05 bits per heavy atom. The monoisotopic (exact) mass is 774 g/mol. The average Bonchev–Trinajstić information content (AvgIpc) is 3.83. The van der Waals surface area contributed by atoms with Crippen LogP contribution in [0.2, 0.25) is 0 Å². The molecule has 56 heavy (non-hydrogen) atoms. The zero-order valence-electron chi connectivity index (χ0n) is 33.2. The summed E-state index contributed by atoms with van der Waals surface area (Å²) in [6, 6.07) is 9.92. The first-order valence-corrected chi connectivity index (χ1v) is 18.5. The Labute approximate surface area is 326 Å². The molecule has 0 aliphatic heterocycles. The molecule has 2 unspecified atom stereocenters. The van der Waals surface area contributed by atoms with Gasteiger partial charge in [-0.25, -0.2) is 29.1 Å². The molecule has 16 nitrogen and oxygen atoms in total. The fraction of sp³-hybridized carbons (Fsp3) is 0.450. The number of primary amides is 2. The summed E-state index contributed by atoms with van der Waals surface area (Å²) in [5, 5.41) is 6.55. The number of aromatic amines is 2. The molecular weight excluding hydrogens is 720 g/mol. The summed E-state index contributed by atoms with van der Waals surface area (Å²) >= 11 is 0. The summed E-state index contributed by atoms with van der Waals surface area (Å²) in [4.78, 5) is 63.9. The lowest BCUT2D eigenvalue weighted by Crippen LogP contribution is -2.44. The summed E-state index contributed by atoms with van der Waals surface area (Å²) in [6.07, 6.45) is 1.75. The van der Waals surface area contributed by atoms with Gasteiger partial charge in [0.1, 0.15) is 23.7 Å². The number of ether oxygens (including phenoxy) is 4. The third-order valence-corrected chi connectivity index (χ3v) is 9.65. The van der Waals surface area contributed by atoms with Crippen molar-refractivity contribution in [2.75, 3.05) is 27.4 Å². The van der Waals surface area contributed by atoms with Gasteiger partial charge < -0.3 is 40.4 Å². The number of nitrogens with one attached hydrogen (secondary N) is 4. The lowest BCUT2D eigenvalue weighted by molar-refractivity contribution is -0.141. The zero-order valence-corrected chi connectivity index (χ0v) is 33.2. The number of hydrogen-bond donors (Lipinski definition) is 6. The van der Waals surface area contributed by atoms with Crippen LogP contribution in [0.15, 0.2) is 48.8 Å². The van der Waals surface area contributed by atoms with Crippen molar-refractivity contribution in [1.82, 2.24) is 30.6 Å². The van der Waals surface area contributed by atoms with Crippen LogP contribution in [0.5, 0.6) is 0 Å². The minimum absolute atomic E-state index is 0.0222. The largest absolute Gasteiger partial charge is 0.412 e. The predicted octanol–water partition coefficient (Wildman–Crippen LogP) is 5.38. The Balaban J connectivity index is 1.53. The van der Waals surface area contributed by atoms with Crippen LogP contribution in [0.25, 0.3) is 33.6 Å². The summed E-state index contributed by atoms with van der Waals surface area (Å²) < 4.78 is 19.7. The van der Waals surface area contributed by atoms with E-state index >= 15 is 0 Å². The number of amides is 2. The smallest absolute Gasteiger partial charge is 0.385 e. The van der Waals surface area contributed by atoms with Crippen molar-refractivity contribution < 1.29 is 38.1 Å². The highest BCUT2D eigenvalue weighted by molar-refractivity contribution is 5.87. The number of carbonyl (C=O) groups excluding carboxylic acids is 4. The van der Waals surface area contributed by atoms with Gasteiger partial charge in [0, 0.05) is 33.0 Å². The Morgan fingerprint density at radius 3 is 1.50 bits per heavy atom. The first-order chi connectivity index (χ1) is 26.6. The summed E-state index contributed by atoms with van der Waals surface area (Å²) in [7, 11) is 3.05. The van der Waals surface area contributed by atoms with Crippen molar-refractivity contribution in [1.29, 1.82) is 0 Å². The number of H-pyrrole nitrogens is 2. The second kappa shape index (κ2) is 20.0. The van der Waals surface area contributed by atoms with E-state index in [0.717, 1.165) is 44.8 Å². The van der Waals surface area contributed by atoms with Crippen molar-refractivity contribution in [2.45, 2.75) is 78.6 Å². The molecule has 16 heteroatoms. The van der Waals surface area contributed by atoms with Crippen LogP contribution in [-0.2, 0) is 28.5 Å². The number of imidazole rings is 2. The van der Waals surface area contributed by atoms with E-state index in [9.17, 15) is 19.2 Å². The normalized spacial score (nSPS) is 13.7. The van der Waals surface area contributed by atoms with Crippen LogP contribution in [-0.4, -0.2) is 83.6 Å². The zero-order chi connectivity index (χ0) is 41.1. The fourth-order valence-electron chi connectivity index (χ4n) is 6.49. The summed E-state index contributed by atoms with van der Waals surface area (Å²) in [5.74, 6) is -0.245. The van der Waals surface area contributed by atoms with Crippen molar-refractivity contribution in [3.05, 3.63) is 71.6 Å². The van der Waals surface area contributed by atoms with E-state index in [1.54, 1.807) is 12.4 Å². The second-order valence-electron chi connectivity index (χ2n) is 14.3. The van der Waals surface area contributed by atoms with Gasteiger partial charge in [0.05, 0.1) is 35.9 Å². The molecule has 4 atom stereocenters.